The van der Waals surface area contributed by atoms with Crippen molar-refractivity contribution in [3.05, 3.63) is 0 Å². The highest BCUT2D eigenvalue weighted by Gasteiger charge is 2.42. The summed E-state index contributed by atoms with van der Waals surface area (Å²) >= 11 is 0. The predicted octanol–water partition coefficient (Wildman–Crippen LogP) is 2.31. The van der Waals surface area contributed by atoms with Crippen molar-refractivity contribution >= 4 is 16.0 Å². The number of carbonyl (C=O) groups is 1. The highest BCUT2D eigenvalue weighted by atomic mass is 32.2. The zero-order chi connectivity index (χ0) is 15.8. The molecule has 2 aliphatic heterocycles. The van der Waals surface area contributed by atoms with E-state index in [1.165, 1.54) is 0 Å². The van der Waals surface area contributed by atoms with Gasteiger partial charge in [0.2, 0.25) is 5.91 Å². The van der Waals surface area contributed by atoms with E-state index in [1.807, 2.05) is 4.90 Å². The summed E-state index contributed by atoms with van der Waals surface area (Å²) in [4.78, 5) is 14.6. The number of fused-ring (bicyclic) bond motifs is 2. The van der Waals surface area contributed by atoms with Crippen LogP contribution in [0.4, 0.5) is 0 Å². The van der Waals surface area contributed by atoms with E-state index in [9.17, 15) is 13.2 Å². The largest absolute Gasteiger partial charge is 0.337 e. The van der Waals surface area contributed by atoms with Crippen LogP contribution in [-0.4, -0.2) is 43.7 Å². The minimum atomic E-state index is -3.42. The number of nitrogens with zero attached hydrogens (tertiary/aromatic N) is 1. The van der Waals surface area contributed by atoms with Crippen LogP contribution in [0.15, 0.2) is 0 Å². The third-order valence-corrected chi connectivity index (χ3v) is 4.83. The van der Waals surface area contributed by atoms with Crippen LogP contribution in [0, 0.1) is 5.41 Å². The van der Waals surface area contributed by atoms with Crippen molar-refractivity contribution in [1.29, 1.82) is 0 Å². The van der Waals surface area contributed by atoms with Gasteiger partial charge in [0, 0.05) is 18.5 Å². The molecule has 6 heteroatoms. The van der Waals surface area contributed by atoms with E-state index in [-0.39, 0.29) is 29.5 Å². The lowest BCUT2D eigenvalue weighted by atomic mass is 9.81. The van der Waals surface area contributed by atoms with E-state index in [1.54, 1.807) is 0 Å². The first-order valence-corrected chi connectivity index (χ1v) is 9.56. The third-order valence-electron chi connectivity index (χ3n) is 4.21. The molecule has 2 rings (SSSR count). The molecule has 0 saturated carbocycles. The lowest BCUT2D eigenvalue weighted by molar-refractivity contribution is -0.145. The molecule has 2 heterocycles. The van der Waals surface area contributed by atoms with Gasteiger partial charge in [0.05, 0.1) is 12.4 Å². The van der Waals surface area contributed by atoms with Crippen molar-refractivity contribution in [1.82, 2.24) is 4.90 Å². The van der Waals surface area contributed by atoms with Crippen molar-refractivity contribution in [2.75, 3.05) is 6.26 Å². The van der Waals surface area contributed by atoms with Crippen LogP contribution in [0.1, 0.15) is 59.3 Å². The Balaban J connectivity index is 2.07. The van der Waals surface area contributed by atoms with Gasteiger partial charge in [0.15, 0.2) is 0 Å². The topological polar surface area (TPSA) is 63.7 Å². The Morgan fingerprint density at radius 2 is 1.71 bits per heavy atom. The van der Waals surface area contributed by atoms with Crippen LogP contribution in [0.2, 0.25) is 0 Å². The fourth-order valence-electron chi connectivity index (χ4n) is 3.61. The molecule has 1 amide bonds. The Morgan fingerprint density at radius 3 is 2.14 bits per heavy atom. The van der Waals surface area contributed by atoms with E-state index >= 15 is 0 Å². The van der Waals surface area contributed by atoms with Crippen molar-refractivity contribution in [3.63, 3.8) is 0 Å². The molecule has 0 aromatic rings. The average Bonchev–Trinajstić information content (AvgIpc) is 2.22. The van der Waals surface area contributed by atoms with Crippen molar-refractivity contribution in [2.45, 2.75) is 77.5 Å². The second kappa shape index (κ2) is 5.88. The summed E-state index contributed by atoms with van der Waals surface area (Å²) in [5.74, 6) is 0.204. The van der Waals surface area contributed by atoms with Crippen LogP contribution < -0.4 is 0 Å². The third kappa shape index (κ3) is 4.68. The SMILES string of the molecule is CC(C)(C)CC(=O)N1[C@@H]2CCC[C@H]1CC(OS(C)(=O)=O)C2. The summed E-state index contributed by atoms with van der Waals surface area (Å²) in [7, 11) is -3.42. The van der Waals surface area contributed by atoms with Gasteiger partial charge in [-0.1, -0.05) is 20.8 Å². The first-order valence-electron chi connectivity index (χ1n) is 7.74. The van der Waals surface area contributed by atoms with Gasteiger partial charge in [-0.2, -0.15) is 8.42 Å². The molecule has 0 aliphatic carbocycles. The molecule has 2 bridgehead atoms. The molecular weight excluding hydrogens is 290 g/mol. The van der Waals surface area contributed by atoms with Crippen LogP contribution in [0.3, 0.4) is 0 Å². The Kier molecular flexibility index (Phi) is 4.69. The maximum absolute atomic E-state index is 12.6. The smallest absolute Gasteiger partial charge is 0.264 e. The Labute approximate surface area is 128 Å². The van der Waals surface area contributed by atoms with E-state index in [0.717, 1.165) is 25.5 Å². The number of amides is 1. The Morgan fingerprint density at radius 1 is 1.19 bits per heavy atom. The molecule has 1 unspecified atom stereocenters. The lowest BCUT2D eigenvalue weighted by Crippen LogP contribution is -2.56. The van der Waals surface area contributed by atoms with Gasteiger partial charge in [0.1, 0.15) is 0 Å². The summed E-state index contributed by atoms with van der Waals surface area (Å²) in [6.07, 6.45) is 5.66. The monoisotopic (exact) mass is 317 g/mol. The fourth-order valence-corrected chi connectivity index (χ4v) is 4.26. The van der Waals surface area contributed by atoms with Gasteiger partial charge in [0.25, 0.3) is 10.1 Å². The summed E-state index contributed by atoms with van der Waals surface area (Å²) < 4.78 is 27.8. The molecule has 0 aromatic heterocycles. The number of rotatable bonds is 3. The standard InChI is InChI=1S/C15H27NO4S/c1-15(2,3)10-14(17)16-11-6-5-7-12(16)9-13(8-11)20-21(4,18)19/h11-13H,5-10H2,1-4H3/t11-,12+,13?. The van der Waals surface area contributed by atoms with Crippen LogP contribution in [0.25, 0.3) is 0 Å². The van der Waals surface area contributed by atoms with Gasteiger partial charge in [-0.25, -0.2) is 0 Å². The minimum Gasteiger partial charge on any atom is -0.337 e. The zero-order valence-corrected chi connectivity index (χ0v) is 14.3. The first kappa shape index (κ1) is 16.7. The summed E-state index contributed by atoms with van der Waals surface area (Å²) in [6.45, 7) is 6.21. The molecule has 0 N–H and O–H groups in total. The van der Waals surface area contributed by atoms with Gasteiger partial charge >= 0.3 is 0 Å². The van der Waals surface area contributed by atoms with E-state index < -0.39 is 10.1 Å². The minimum absolute atomic E-state index is 0.0223. The quantitative estimate of drug-likeness (QED) is 0.749. The van der Waals surface area contributed by atoms with Crippen LogP contribution >= 0.6 is 0 Å². The van der Waals surface area contributed by atoms with Gasteiger partial charge in [-0.05, 0) is 37.5 Å². The highest BCUT2D eigenvalue weighted by Crippen LogP contribution is 2.37. The molecule has 5 nitrogen and oxygen atoms in total. The Hall–Kier alpha value is -0.620. The number of piperidine rings is 2. The predicted molar refractivity (Wildman–Crippen MR) is 81.3 cm³/mol. The molecule has 3 atom stereocenters. The maximum Gasteiger partial charge on any atom is 0.264 e. The number of carbonyl (C=O) groups excluding carboxylic acids is 1. The second-order valence-electron chi connectivity index (χ2n) is 7.67. The molecular formula is C15H27NO4S. The second-order valence-corrected chi connectivity index (χ2v) is 9.27. The number of hydrogen-bond acceptors (Lipinski definition) is 4. The van der Waals surface area contributed by atoms with E-state index in [2.05, 4.69) is 20.8 Å². The van der Waals surface area contributed by atoms with Gasteiger partial charge in [-0.3, -0.25) is 8.98 Å². The summed E-state index contributed by atoms with van der Waals surface area (Å²) in [5, 5.41) is 0. The summed E-state index contributed by atoms with van der Waals surface area (Å²) in [5.41, 5.74) is -0.0223. The molecule has 2 aliphatic rings. The van der Waals surface area contributed by atoms with Gasteiger partial charge < -0.3 is 4.90 Å². The van der Waals surface area contributed by atoms with Crippen molar-refractivity contribution in [2.24, 2.45) is 5.41 Å². The molecule has 0 spiro atoms. The molecule has 0 radical (unpaired) electrons. The number of hydrogen-bond donors (Lipinski definition) is 0. The molecule has 2 saturated heterocycles. The summed E-state index contributed by atoms with van der Waals surface area (Å²) in [6, 6.07) is 0.276. The lowest BCUT2D eigenvalue weighted by Gasteiger charge is -2.49. The maximum atomic E-state index is 12.6. The first-order chi connectivity index (χ1) is 9.55. The molecule has 2 fully saturated rings. The molecule has 21 heavy (non-hydrogen) atoms. The van der Waals surface area contributed by atoms with Crippen LogP contribution in [-0.2, 0) is 19.1 Å². The van der Waals surface area contributed by atoms with Crippen LogP contribution in [0.5, 0.6) is 0 Å². The van der Waals surface area contributed by atoms with Crippen molar-refractivity contribution in [3.8, 4) is 0 Å². The molecule has 122 valence electrons. The van der Waals surface area contributed by atoms with E-state index in [0.29, 0.717) is 19.3 Å². The van der Waals surface area contributed by atoms with Crippen molar-refractivity contribution < 1.29 is 17.4 Å². The average molecular weight is 317 g/mol. The highest BCUT2D eigenvalue weighted by molar-refractivity contribution is 7.86. The fraction of sp³-hybridized carbons (Fsp3) is 0.933. The normalized spacial score (nSPS) is 30.3. The van der Waals surface area contributed by atoms with Gasteiger partial charge in [-0.15, -0.1) is 0 Å². The van der Waals surface area contributed by atoms with E-state index in [4.69, 9.17) is 4.18 Å². The Bertz CT molecular complexity index is 480. The molecule has 0 aromatic carbocycles. The zero-order valence-electron chi connectivity index (χ0n) is 13.5.